The molecule has 0 saturated heterocycles. The summed E-state index contributed by atoms with van der Waals surface area (Å²) in [7, 11) is 1.62. The first kappa shape index (κ1) is 14.0. The first-order chi connectivity index (χ1) is 7.81. The van der Waals surface area contributed by atoms with Gasteiger partial charge in [0, 0.05) is 5.54 Å². The van der Waals surface area contributed by atoms with Gasteiger partial charge in [-0.25, -0.2) is 0 Å². The molecular formula is C13H18BrNO2. The number of rotatable bonds is 3. The number of nitrogens with one attached hydrogen (secondary N) is 1. The van der Waals surface area contributed by atoms with Crippen molar-refractivity contribution in [2.24, 2.45) is 0 Å². The van der Waals surface area contributed by atoms with Crippen LogP contribution in [0.4, 0.5) is 0 Å². The van der Waals surface area contributed by atoms with Crippen LogP contribution < -0.4 is 10.1 Å². The van der Waals surface area contributed by atoms with Gasteiger partial charge in [-0.15, -0.1) is 0 Å². The summed E-state index contributed by atoms with van der Waals surface area (Å²) >= 11 is 3.40. The number of methoxy groups -OCH3 is 1. The molecule has 0 unspecified atom stereocenters. The Labute approximate surface area is 111 Å². The summed E-state index contributed by atoms with van der Waals surface area (Å²) < 4.78 is 6.00. The summed E-state index contributed by atoms with van der Waals surface area (Å²) in [6.07, 6.45) is 0.375. The van der Waals surface area contributed by atoms with Gasteiger partial charge in [0.2, 0.25) is 5.91 Å². The Balaban J connectivity index is 2.69. The van der Waals surface area contributed by atoms with Gasteiger partial charge in [-0.05, 0) is 54.4 Å². The van der Waals surface area contributed by atoms with Crippen LogP contribution in [0.15, 0.2) is 22.7 Å². The van der Waals surface area contributed by atoms with E-state index in [0.717, 1.165) is 15.8 Å². The van der Waals surface area contributed by atoms with Crippen LogP contribution in [0.2, 0.25) is 0 Å². The van der Waals surface area contributed by atoms with Crippen LogP contribution in [0, 0.1) is 0 Å². The summed E-state index contributed by atoms with van der Waals surface area (Å²) in [5, 5.41) is 2.93. The van der Waals surface area contributed by atoms with Crippen LogP contribution in [0.3, 0.4) is 0 Å². The Morgan fingerprint density at radius 3 is 2.53 bits per heavy atom. The normalized spacial score (nSPS) is 11.1. The lowest BCUT2D eigenvalue weighted by molar-refractivity contribution is -0.121. The quantitative estimate of drug-likeness (QED) is 0.932. The lowest BCUT2D eigenvalue weighted by Crippen LogP contribution is -2.41. The maximum absolute atomic E-state index is 11.7. The largest absolute Gasteiger partial charge is 0.496 e. The summed E-state index contributed by atoms with van der Waals surface area (Å²) in [6.45, 7) is 5.90. The van der Waals surface area contributed by atoms with E-state index < -0.39 is 0 Å². The van der Waals surface area contributed by atoms with E-state index in [1.807, 2.05) is 39.0 Å². The molecule has 0 fully saturated rings. The molecule has 1 amide bonds. The van der Waals surface area contributed by atoms with Crippen molar-refractivity contribution in [2.45, 2.75) is 32.7 Å². The molecule has 1 rings (SSSR count). The monoisotopic (exact) mass is 299 g/mol. The van der Waals surface area contributed by atoms with Crippen molar-refractivity contribution >= 4 is 21.8 Å². The topological polar surface area (TPSA) is 38.3 Å². The molecule has 0 spiro atoms. The number of hydrogen-bond donors (Lipinski definition) is 1. The molecule has 17 heavy (non-hydrogen) atoms. The van der Waals surface area contributed by atoms with Gasteiger partial charge < -0.3 is 10.1 Å². The number of benzene rings is 1. The fourth-order valence-corrected chi connectivity index (χ4v) is 2.06. The standard InChI is InChI=1S/C13H18BrNO2/c1-13(2,3)15-12(16)8-9-5-6-11(17-4)10(14)7-9/h5-7H,8H2,1-4H3,(H,15,16). The number of ether oxygens (including phenoxy) is 1. The molecule has 0 saturated carbocycles. The molecule has 3 nitrogen and oxygen atoms in total. The van der Waals surface area contributed by atoms with Crippen LogP contribution in [-0.4, -0.2) is 18.6 Å². The Morgan fingerprint density at radius 2 is 2.06 bits per heavy atom. The fraction of sp³-hybridized carbons (Fsp3) is 0.462. The fourth-order valence-electron chi connectivity index (χ4n) is 1.47. The van der Waals surface area contributed by atoms with Gasteiger partial charge in [-0.1, -0.05) is 6.07 Å². The highest BCUT2D eigenvalue weighted by Gasteiger charge is 2.14. The minimum absolute atomic E-state index is 0.0227. The average molecular weight is 300 g/mol. The van der Waals surface area contributed by atoms with Gasteiger partial charge in [0.15, 0.2) is 0 Å². The number of hydrogen-bond acceptors (Lipinski definition) is 2. The lowest BCUT2D eigenvalue weighted by atomic mass is 10.1. The molecule has 0 aliphatic heterocycles. The van der Waals surface area contributed by atoms with E-state index in [2.05, 4.69) is 21.2 Å². The van der Waals surface area contributed by atoms with Gasteiger partial charge in [0.1, 0.15) is 5.75 Å². The molecule has 1 N–H and O–H groups in total. The molecular weight excluding hydrogens is 282 g/mol. The molecule has 4 heteroatoms. The van der Waals surface area contributed by atoms with Crippen molar-refractivity contribution in [3.8, 4) is 5.75 Å². The second kappa shape index (κ2) is 5.54. The molecule has 0 radical (unpaired) electrons. The van der Waals surface area contributed by atoms with Crippen molar-refractivity contribution in [1.82, 2.24) is 5.32 Å². The minimum atomic E-state index is -0.194. The van der Waals surface area contributed by atoms with Gasteiger partial charge >= 0.3 is 0 Å². The third-order valence-corrected chi connectivity index (χ3v) is 2.72. The number of amides is 1. The van der Waals surface area contributed by atoms with E-state index in [1.165, 1.54) is 0 Å². The highest BCUT2D eigenvalue weighted by molar-refractivity contribution is 9.10. The zero-order valence-corrected chi connectivity index (χ0v) is 12.2. The highest BCUT2D eigenvalue weighted by Crippen LogP contribution is 2.25. The third-order valence-electron chi connectivity index (χ3n) is 2.10. The minimum Gasteiger partial charge on any atom is -0.496 e. The van der Waals surface area contributed by atoms with Crippen molar-refractivity contribution in [3.63, 3.8) is 0 Å². The van der Waals surface area contributed by atoms with Gasteiger partial charge in [0.05, 0.1) is 18.0 Å². The number of carbonyl (C=O) groups is 1. The smallest absolute Gasteiger partial charge is 0.224 e. The molecule has 1 aromatic rings. The van der Waals surface area contributed by atoms with E-state index in [1.54, 1.807) is 7.11 Å². The zero-order valence-electron chi connectivity index (χ0n) is 10.6. The van der Waals surface area contributed by atoms with Crippen LogP contribution >= 0.6 is 15.9 Å². The highest BCUT2D eigenvalue weighted by atomic mass is 79.9. The Morgan fingerprint density at radius 1 is 1.41 bits per heavy atom. The van der Waals surface area contributed by atoms with Crippen molar-refractivity contribution in [3.05, 3.63) is 28.2 Å². The van der Waals surface area contributed by atoms with Gasteiger partial charge in [-0.2, -0.15) is 0 Å². The molecule has 1 aromatic carbocycles. The lowest BCUT2D eigenvalue weighted by Gasteiger charge is -2.20. The summed E-state index contributed by atoms with van der Waals surface area (Å²) in [5.74, 6) is 0.791. The Hall–Kier alpha value is -1.03. The number of carbonyl (C=O) groups excluding carboxylic acids is 1. The molecule has 0 heterocycles. The molecule has 0 atom stereocenters. The molecule has 0 aliphatic carbocycles. The summed E-state index contributed by atoms with van der Waals surface area (Å²) in [6, 6.07) is 5.65. The van der Waals surface area contributed by atoms with Gasteiger partial charge in [-0.3, -0.25) is 4.79 Å². The zero-order chi connectivity index (χ0) is 13.1. The van der Waals surface area contributed by atoms with E-state index in [0.29, 0.717) is 6.42 Å². The second-order valence-electron chi connectivity index (χ2n) is 4.94. The van der Waals surface area contributed by atoms with Crippen LogP contribution in [0.25, 0.3) is 0 Å². The first-order valence-electron chi connectivity index (χ1n) is 5.45. The van der Waals surface area contributed by atoms with Crippen molar-refractivity contribution in [2.75, 3.05) is 7.11 Å². The van der Waals surface area contributed by atoms with Crippen molar-refractivity contribution in [1.29, 1.82) is 0 Å². The SMILES string of the molecule is COc1ccc(CC(=O)NC(C)(C)C)cc1Br. The predicted molar refractivity (Wildman–Crippen MR) is 72.3 cm³/mol. The van der Waals surface area contributed by atoms with Gasteiger partial charge in [0.25, 0.3) is 0 Å². The van der Waals surface area contributed by atoms with E-state index >= 15 is 0 Å². The van der Waals surface area contributed by atoms with Crippen LogP contribution in [-0.2, 0) is 11.2 Å². The third kappa shape index (κ3) is 4.77. The first-order valence-corrected chi connectivity index (χ1v) is 6.24. The van der Waals surface area contributed by atoms with E-state index in [4.69, 9.17) is 4.74 Å². The van der Waals surface area contributed by atoms with Crippen LogP contribution in [0.1, 0.15) is 26.3 Å². The van der Waals surface area contributed by atoms with Crippen LogP contribution in [0.5, 0.6) is 5.75 Å². The van der Waals surface area contributed by atoms with E-state index in [9.17, 15) is 4.79 Å². The second-order valence-corrected chi connectivity index (χ2v) is 5.80. The van der Waals surface area contributed by atoms with E-state index in [-0.39, 0.29) is 11.4 Å². The average Bonchev–Trinajstić information content (AvgIpc) is 2.14. The molecule has 0 aromatic heterocycles. The van der Waals surface area contributed by atoms with Crippen molar-refractivity contribution < 1.29 is 9.53 Å². The number of halogens is 1. The maximum atomic E-state index is 11.7. The molecule has 0 bridgehead atoms. The Kier molecular flexibility index (Phi) is 4.57. The summed E-state index contributed by atoms with van der Waals surface area (Å²) in [4.78, 5) is 11.7. The Bertz CT molecular complexity index is 410. The molecule has 0 aliphatic rings. The predicted octanol–water partition coefficient (Wildman–Crippen LogP) is 2.91. The summed E-state index contributed by atoms with van der Waals surface area (Å²) in [5.41, 5.74) is 0.764. The molecule has 94 valence electrons. The maximum Gasteiger partial charge on any atom is 0.224 e.